The molecule has 0 heterocycles. The molecular formula is C10H11IO2. The SMILES string of the molecule is Cc1c(I)cccc1CCC(=O)O. The van der Waals surface area contributed by atoms with E-state index in [2.05, 4.69) is 22.6 Å². The predicted octanol–water partition coefficient (Wildman–Crippen LogP) is 2.62. The van der Waals surface area contributed by atoms with Crippen LogP contribution in [0.1, 0.15) is 17.5 Å². The molecule has 0 saturated carbocycles. The minimum atomic E-state index is -0.738. The third-order valence-electron chi connectivity index (χ3n) is 1.99. The first-order chi connectivity index (χ1) is 6.11. The topological polar surface area (TPSA) is 37.3 Å². The molecule has 0 fully saturated rings. The molecule has 1 aromatic rings. The van der Waals surface area contributed by atoms with Crippen molar-refractivity contribution < 1.29 is 9.90 Å². The van der Waals surface area contributed by atoms with Crippen LogP contribution in [0, 0.1) is 10.5 Å². The molecule has 70 valence electrons. The van der Waals surface area contributed by atoms with Crippen LogP contribution in [0.4, 0.5) is 0 Å². The van der Waals surface area contributed by atoms with E-state index in [4.69, 9.17) is 5.11 Å². The van der Waals surface area contributed by atoms with Gasteiger partial charge < -0.3 is 5.11 Å². The third kappa shape index (κ3) is 2.99. The molecule has 0 aliphatic carbocycles. The summed E-state index contributed by atoms with van der Waals surface area (Å²) in [4.78, 5) is 10.4. The Morgan fingerprint density at radius 2 is 2.23 bits per heavy atom. The van der Waals surface area contributed by atoms with Gasteiger partial charge in [-0.05, 0) is 53.1 Å². The lowest BCUT2D eigenvalue weighted by Gasteiger charge is -2.05. The van der Waals surface area contributed by atoms with Crippen LogP contribution < -0.4 is 0 Å². The Morgan fingerprint density at radius 1 is 1.54 bits per heavy atom. The van der Waals surface area contributed by atoms with Crippen LogP contribution in [0.15, 0.2) is 18.2 Å². The van der Waals surface area contributed by atoms with E-state index in [0.717, 1.165) is 5.56 Å². The largest absolute Gasteiger partial charge is 0.481 e. The number of aliphatic carboxylic acids is 1. The number of aryl methyl sites for hydroxylation is 1. The van der Waals surface area contributed by atoms with Gasteiger partial charge in [0.05, 0.1) is 0 Å². The Hall–Kier alpha value is -0.580. The van der Waals surface area contributed by atoms with Gasteiger partial charge in [-0.15, -0.1) is 0 Å². The minimum Gasteiger partial charge on any atom is -0.481 e. The third-order valence-corrected chi connectivity index (χ3v) is 3.16. The quantitative estimate of drug-likeness (QED) is 0.869. The van der Waals surface area contributed by atoms with E-state index in [1.807, 2.05) is 25.1 Å². The molecule has 0 aliphatic rings. The van der Waals surface area contributed by atoms with Crippen LogP contribution in [0.5, 0.6) is 0 Å². The second kappa shape index (κ2) is 4.60. The number of carboxylic acid groups (broad SMARTS) is 1. The van der Waals surface area contributed by atoms with Crippen LogP contribution in [0.3, 0.4) is 0 Å². The molecule has 0 amide bonds. The Labute approximate surface area is 91.1 Å². The summed E-state index contributed by atoms with van der Waals surface area (Å²) in [7, 11) is 0. The predicted molar refractivity (Wildman–Crippen MR) is 59.9 cm³/mol. The number of rotatable bonds is 3. The molecule has 13 heavy (non-hydrogen) atoms. The zero-order valence-corrected chi connectivity index (χ0v) is 9.54. The molecule has 0 spiro atoms. The van der Waals surface area contributed by atoms with E-state index in [9.17, 15) is 4.79 Å². The fraction of sp³-hybridized carbons (Fsp3) is 0.300. The highest BCUT2D eigenvalue weighted by atomic mass is 127. The normalized spacial score (nSPS) is 10.0. The Balaban J connectivity index is 2.77. The van der Waals surface area contributed by atoms with Gasteiger partial charge in [-0.25, -0.2) is 0 Å². The van der Waals surface area contributed by atoms with Crippen molar-refractivity contribution in [3.8, 4) is 0 Å². The first kappa shape index (κ1) is 10.5. The van der Waals surface area contributed by atoms with E-state index < -0.39 is 5.97 Å². The van der Waals surface area contributed by atoms with E-state index in [0.29, 0.717) is 6.42 Å². The summed E-state index contributed by atoms with van der Waals surface area (Å²) >= 11 is 2.26. The second-order valence-corrected chi connectivity index (χ2v) is 4.08. The monoisotopic (exact) mass is 290 g/mol. The smallest absolute Gasteiger partial charge is 0.303 e. The number of benzene rings is 1. The van der Waals surface area contributed by atoms with Gasteiger partial charge >= 0.3 is 5.97 Å². The lowest BCUT2D eigenvalue weighted by atomic mass is 10.0. The maximum Gasteiger partial charge on any atom is 0.303 e. The summed E-state index contributed by atoms with van der Waals surface area (Å²) in [6.07, 6.45) is 0.832. The Morgan fingerprint density at radius 3 is 2.85 bits per heavy atom. The summed E-state index contributed by atoms with van der Waals surface area (Å²) in [6, 6.07) is 5.98. The van der Waals surface area contributed by atoms with Crippen LogP contribution in [0.2, 0.25) is 0 Å². The highest BCUT2D eigenvalue weighted by Gasteiger charge is 2.03. The summed E-state index contributed by atoms with van der Waals surface area (Å²) in [6.45, 7) is 2.03. The van der Waals surface area contributed by atoms with Crippen molar-refractivity contribution in [3.63, 3.8) is 0 Å². The van der Waals surface area contributed by atoms with Gasteiger partial charge in [0.15, 0.2) is 0 Å². The average Bonchev–Trinajstić information content (AvgIpc) is 2.07. The number of halogens is 1. The molecule has 1 N–H and O–H groups in total. The summed E-state index contributed by atoms with van der Waals surface area (Å²) in [5.41, 5.74) is 2.33. The van der Waals surface area contributed by atoms with Gasteiger partial charge in [0.1, 0.15) is 0 Å². The van der Waals surface area contributed by atoms with Crippen LogP contribution >= 0.6 is 22.6 Å². The zero-order chi connectivity index (χ0) is 9.84. The van der Waals surface area contributed by atoms with Crippen molar-refractivity contribution in [1.29, 1.82) is 0 Å². The lowest BCUT2D eigenvalue weighted by Crippen LogP contribution is -1.99. The molecule has 1 aromatic carbocycles. The van der Waals surface area contributed by atoms with Gasteiger partial charge in [0.25, 0.3) is 0 Å². The van der Waals surface area contributed by atoms with Crippen molar-refractivity contribution in [2.45, 2.75) is 19.8 Å². The Kier molecular flexibility index (Phi) is 3.71. The molecule has 1 rings (SSSR count). The fourth-order valence-electron chi connectivity index (χ4n) is 1.16. The van der Waals surface area contributed by atoms with Crippen LogP contribution in [-0.2, 0) is 11.2 Å². The maximum absolute atomic E-state index is 10.4. The summed E-state index contributed by atoms with van der Waals surface area (Å²) in [5, 5.41) is 8.53. The molecular weight excluding hydrogens is 279 g/mol. The van der Waals surface area contributed by atoms with Crippen molar-refractivity contribution in [3.05, 3.63) is 32.9 Å². The molecule has 0 saturated heterocycles. The summed E-state index contributed by atoms with van der Waals surface area (Å²) in [5.74, 6) is -0.738. The summed E-state index contributed by atoms with van der Waals surface area (Å²) < 4.78 is 1.19. The molecule has 2 nitrogen and oxygen atoms in total. The molecule has 0 unspecified atom stereocenters. The molecule has 0 atom stereocenters. The van der Waals surface area contributed by atoms with E-state index >= 15 is 0 Å². The number of carbonyl (C=O) groups is 1. The van der Waals surface area contributed by atoms with Crippen LogP contribution in [-0.4, -0.2) is 11.1 Å². The van der Waals surface area contributed by atoms with E-state index in [1.54, 1.807) is 0 Å². The number of hydrogen-bond donors (Lipinski definition) is 1. The molecule has 0 aliphatic heterocycles. The maximum atomic E-state index is 10.4. The molecule has 0 radical (unpaired) electrons. The minimum absolute atomic E-state index is 0.209. The van der Waals surface area contributed by atoms with Gasteiger partial charge in [-0.2, -0.15) is 0 Å². The first-order valence-electron chi connectivity index (χ1n) is 4.07. The van der Waals surface area contributed by atoms with E-state index in [1.165, 1.54) is 9.13 Å². The highest BCUT2D eigenvalue weighted by Crippen LogP contribution is 2.16. The van der Waals surface area contributed by atoms with E-state index in [-0.39, 0.29) is 6.42 Å². The molecule has 3 heteroatoms. The van der Waals surface area contributed by atoms with Crippen molar-refractivity contribution in [1.82, 2.24) is 0 Å². The number of carboxylic acids is 1. The lowest BCUT2D eigenvalue weighted by molar-refractivity contribution is -0.136. The highest BCUT2D eigenvalue weighted by molar-refractivity contribution is 14.1. The molecule has 0 aromatic heterocycles. The first-order valence-corrected chi connectivity index (χ1v) is 5.15. The van der Waals surface area contributed by atoms with Gasteiger partial charge in [0, 0.05) is 9.99 Å². The fourth-order valence-corrected chi connectivity index (χ4v) is 1.72. The van der Waals surface area contributed by atoms with Crippen molar-refractivity contribution >= 4 is 28.6 Å². The standard InChI is InChI=1S/C10H11IO2/c1-7-8(5-6-10(12)13)3-2-4-9(7)11/h2-4H,5-6H2,1H3,(H,12,13). The van der Waals surface area contributed by atoms with Crippen molar-refractivity contribution in [2.24, 2.45) is 0 Å². The second-order valence-electron chi connectivity index (χ2n) is 2.92. The van der Waals surface area contributed by atoms with Crippen molar-refractivity contribution in [2.75, 3.05) is 0 Å². The average molecular weight is 290 g/mol. The van der Waals surface area contributed by atoms with Gasteiger partial charge in [-0.3, -0.25) is 4.79 Å². The molecule has 0 bridgehead atoms. The van der Waals surface area contributed by atoms with Gasteiger partial charge in [0.2, 0.25) is 0 Å². The van der Waals surface area contributed by atoms with Crippen LogP contribution in [0.25, 0.3) is 0 Å². The zero-order valence-electron chi connectivity index (χ0n) is 7.38. The van der Waals surface area contributed by atoms with Gasteiger partial charge in [-0.1, -0.05) is 12.1 Å². The Bertz CT molecular complexity index is 321. The number of hydrogen-bond acceptors (Lipinski definition) is 1.